The molecule has 3 rings (SSSR count). The number of para-hydroxylation sites is 1. The Morgan fingerprint density at radius 2 is 1.73 bits per heavy atom. The van der Waals surface area contributed by atoms with Gasteiger partial charge in [-0.2, -0.15) is 0 Å². The number of nitrogens with zero attached hydrogens (tertiary/aromatic N) is 1. The molecule has 2 amide bonds. The van der Waals surface area contributed by atoms with Crippen molar-refractivity contribution in [2.24, 2.45) is 0 Å². The minimum absolute atomic E-state index is 0.0658. The van der Waals surface area contributed by atoms with E-state index in [2.05, 4.69) is 5.32 Å². The Morgan fingerprint density at radius 3 is 2.42 bits per heavy atom. The Balaban J connectivity index is 1.43. The van der Waals surface area contributed by atoms with Crippen LogP contribution in [0.5, 0.6) is 5.75 Å². The van der Waals surface area contributed by atoms with Gasteiger partial charge >= 0.3 is 5.97 Å². The monoisotopic (exact) mass is 458 g/mol. The number of ether oxygens (including phenoxy) is 2. The molecule has 1 fully saturated rings. The zero-order valence-electron chi connectivity index (χ0n) is 18.1. The standard InChI is InChI=1S/C24H27FN2O6/c25-19-15-27(22(23(19)30)24(31)33-16-17-8-3-1-4-9-17)21(29)14-26-20(28)12-7-13-32-18-10-5-2-6-11-18/h1-6,8-11,19,22-23,30H,7,12-16H2,(H,26,28)/t19-,22-,23+/m0/s1. The van der Waals surface area contributed by atoms with Crippen molar-refractivity contribution in [2.45, 2.75) is 37.8 Å². The first-order valence-corrected chi connectivity index (χ1v) is 10.7. The lowest BCUT2D eigenvalue weighted by atomic mass is 10.1. The van der Waals surface area contributed by atoms with Gasteiger partial charge in [-0.25, -0.2) is 9.18 Å². The van der Waals surface area contributed by atoms with Gasteiger partial charge in [0.1, 0.15) is 24.6 Å². The van der Waals surface area contributed by atoms with Crippen molar-refractivity contribution in [1.82, 2.24) is 10.2 Å². The van der Waals surface area contributed by atoms with Crippen molar-refractivity contribution in [3.8, 4) is 5.75 Å². The number of likely N-dealkylation sites (tertiary alicyclic amines) is 1. The summed E-state index contributed by atoms with van der Waals surface area (Å²) in [6.07, 6.45) is -2.90. The fourth-order valence-corrected chi connectivity index (χ4v) is 3.43. The first kappa shape index (κ1) is 24.2. The minimum Gasteiger partial charge on any atom is -0.494 e. The van der Waals surface area contributed by atoms with E-state index in [1.807, 2.05) is 36.4 Å². The Labute approximate surface area is 191 Å². The van der Waals surface area contributed by atoms with E-state index in [1.54, 1.807) is 24.3 Å². The summed E-state index contributed by atoms with van der Waals surface area (Å²) in [5, 5.41) is 12.6. The van der Waals surface area contributed by atoms with E-state index in [9.17, 15) is 23.9 Å². The van der Waals surface area contributed by atoms with E-state index in [0.717, 1.165) is 10.5 Å². The summed E-state index contributed by atoms with van der Waals surface area (Å²) in [5.41, 5.74) is 0.719. The predicted molar refractivity (Wildman–Crippen MR) is 117 cm³/mol. The van der Waals surface area contributed by atoms with Gasteiger partial charge < -0.3 is 24.8 Å². The zero-order valence-corrected chi connectivity index (χ0v) is 18.1. The van der Waals surface area contributed by atoms with Crippen LogP contribution in [0, 0.1) is 0 Å². The molecule has 0 saturated carbocycles. The van der Waals surface area contributed by atoms with E-state index in [0.29, 0.717) is 18.8 Å². The van der Waals surface area contributed by atoms with Crippen molar-refractivity contribution in [3.05, 3.63) is 66.2 Å². The maximum absolute atomic E-state index is 14.1. The number of halogens is 1. The molecule has 1 aliphatic heterocycles. The predicted octanol–water partition coefficient (Wildman–Crippen LogP) is 1.61. The highest BCUT2D eigenvalue weighted by Gasteiger charge is 2.48. The average molecular weight is 458 g/mol. The van der Waals surface area contributed by atoms with E-state index in [1.165, 1.54) is 0 Å². The molecule has 0 spiro atoms. The smallest absolute Gasteiger partial charge is 0.332 e. The number of amides is 2. The maximum atomic E-state index is 14.1. The number of benzene rings is 2. The van der Waals surface area contributed by atoms with Crippen LogP contribution in [0.25, 0.3) is 0 Å². The molecular formula is C24H27FN2O6. The molecule has 0 bridgehead atoms. The second-order valence-corrected chi connectivity index (χ2v) is 7.63. The second-order valence-electron chi connectivity index (χ2n) is 7.63. The Morgan fingerprint density at radius 1 is 1.06 bits per heavy atom. The van der Waals surface area contributed by atoms with Crippen LogP contribution >= 0.6 is 0 Å². The van der Waals surface area contributed by atoms with Crippen molar-refractivity contribution < 1.29 is 33.4 Å². The highest BCUT2D eigenvalue weighted by Crippen LogP contribution is 2.23. The highest BCUT2D eigenvalue weighted by molar-refractivity contribution is 5.89. The third kappa shape index (κ3) is 7.01. The van der Waals surface area contributed by atoms with Crippen molar-refractivity contribution in [1.29, 1.82) is 0 Å². The van der Waals surface area contributed by atoms with Crippen LogP contribution in [0.4, 0.5) is 4.39 Å². The van der Waals surface area contributed by atoms with Gasteiger partial charge in [0.05, 0.1) is 19.7 Å². The largest absolute Gasteiger partial charge is 0.494 e. The minimum atomic E-state index is -1.78. The number of rotatable bonds is 10. The lowest BCUT2D eigenvalue weighted by Gasteiger charge is -2.24. The summed E-state index contributed by atoms with van der Waals surface area (Å²) in [6.45, 7) is -0.599. The number of hydrogen-bond acceptors (Lipinski definition) is 6. The van der Waals surface area contributed by atoms with Gasteiger partial charge in [0, 0.05) is 6.42 Å². The van der Waals surface area contributed by atoms with Crippen molar-refractivity contribution in [3.63, 3.8) is 0 Å². The van der Waals surface area contributed by atoms with E-state index >= 15 is 0 Å². The fraction of sp³-hybridized carbons (Fsp3) is 0.375. The summed E-state index contributed by atoms with van der Waals surface area (Å²) in [7, 11) is 0. The number of aliphatic hydroxyl groups is 1. The van der Waals surface area contributed by atoms with Crippen LogP contribution in [-0.4, -0.2) is 65.8 Å². The first-order valence-electron chi connectivity index (χ1n) is 10.7. The fourth-order valence-electron chi connectivity index (χ4n) is 3.43. The Bertz CT molecular complexity index is 927. The van der Waals surface area contributed by atoms with Crippen LogP contribution in [0.1, 0.15) is 18.4 Å². The topological polar surface area (TPSA) is 105 Å². The summed E-state index contributed by atoms with van der Waals surface area (Å²) in [5.74, 6) is -1.25. The molecule has 1 aliphatic rings. The Hall–Kier alpha value is -3.46. The molecule has 8 nitrogen and oxygen atoms in total. The molecule has 0 radical (unpaired) electrons. The molecule has 1 saturated heterocycles. The normalized spacial score (nSPS) is 19.7. The van der Waals surface area contributed by atoms with Gasteiger partial charge in [-0.05, 0) is 24.1 Å². The SMILES string of the molecule is O=C(CCCOc1ccccc1)NCC(=O)N1C[C@H](F)[C@@H](O)[C@H]1C(=O)OCc1ccccc1. The lowest BCUT2D eigenvalue weighted by molar-refractivity contribution is -0.157. The average Bonchev–Trinajstić information content (AvgIpc) is 3.14. The van der Waals surface area contributed by atoms with Crippen LogP contribution in [0.3, 0.4) is 0 Å². The third-order valence-corrected chi connectivity index (χ3v) is 5.18. The van der Waals surface area contributed by atoms with E-state index in [-0.39, 0.29) is 18.9 Å². The van der Waals surface area contributed by atoms with Gasteiger partial charge in [0.15, 0.2) is 6.04 Å². The molecule has 0 aromatic heterocycles. The van der Waals surface area contributed by atoms with Crippen molar-refractivity contribution >= 4 is 17.8 Å². The molecule has 2 aromatic carbocycles. The van der Waals surface area contributed by atoms with E-state index < -0.39 is 43.3 Å². The van der Waals surface area contributed by atoms with Crippen LogP contribution in [0.15, 0.2) is 60.7 Å². The molecule has 2 aromatic rings. The van der Waals surface area contributed by atoms with Crippen LogP contribution < -0.4 is 10.1 Å². The quantitative estimate of drug-likeness (QED) is 0.414. The first-order chi connectivity index (χ1) is 16.0. The molecule has 1 heterocycles. The molecule has 176 valence electrons. The molecule has 9 heteroatoms. The van der Waals surface area contributed by atoms with Gasteiger partial charge in [-0.3, -0.25) is 9.59 Å². The highest BCUT2D eigenvalue weighted by atomic mass is 19.1. The van der Waals surface area contributed by atoms with E-state index in [4.69, 9.17) is 9.47 Å². The maximum Gasteiger partial charge on any atom is 0.332 e. The second kappa shape index (κ2) is 12.0. The molecule has 33 heavy (non-hydrogen) atoms. The summed E-state index contributed by atoms with van der Waals surface area (Å²) >= 11 is 0. The van der Waals surface area contributed by atoms with Gasteiger partial charge in [0.25, 0.3) is 0 Å². The van der Waals surface area contributed by atoms with Crippen LogP contribution in [0.2, 0.25) is 0 Å². The van der Waals surface area contributed by atoms with Crippen molar-refractivity contribution in [2.75, 3.05) is 19.7 Å². The van der Waals surface area contributed by atoms with Crippen LogP contribution in [-0.2, 0) is 25.7 Å². The molecule has 0 aliphatic carbocycles. The van der Waals surface area contributed by atoms with Gasteiger partial charge in [0.2, 0.25) is 11.8 Å². The number of carbonyl (C=O) groups is 3. The third-order valence-electron chi connectivity index (χ3n) is 5.18. The molecule has 2 N–H and O–H groups in total. The Kier molecular flexibility index (Phi) is 8.77. The zero-order chi connectivity index (χ0) is 23.6. The molecule has 0 unspecified atom stereocenters. The number of aliphatic hydroxyl groups excluding tert-OH is 1. The number of hydrogen-bond donors (Lipinski definition) is 2. The number of alkyl halides is 1. The van der Waals surface area contributed by atoms with Gasteiger partial charge in [-0.15, -0.1) is 0 Å². The molecular weight excluding hydrogens is 431 g/mol. The molecule has 3 atom stereocenters. The number of nitrogens with one attached hydrogen (secondary N) is 1. The summed E-state index contributed by atoms with van der Waals surface area (Å²) < 4.78 is 24.8. The number of carbonyl (C=O) groups excluding carboxylic acids is 3. The van der Waals surface area contributed by atoms with Gasteiger partial charge in [-0.1, -0.05) is 48.5 Å². The summed E-state index contributed by atoms with van der Waals surface area (Å²) in [6, 6.07) is 16.6. The number of esters is 1. The lowest BCUT2D eigenvalue weighted by Crippen LogP contribution is -2.49. The summed E-state index contributed by atoms with van der Waals surface area (Å²) in [4.78, 5) is 38.0.